The summed E-state index contributed by atoms with van der Waals surface area (Å²) in [4.78, 5) is 23.3. The van der Waals surface area contributed by atoms with Crippen molar-refractivity contribution in [2.24, 2.45) is 20.0 Å². The smallest absolute Gasteiger partial charge is 0.350 e. The Hall–Kier alpha value is -1.68. The van der Waals surface area contributed by atoms with Crippen LogP contribution < -0.4 is 11.0 Å². The highest BCUT2D eigenvalue weighted by atomic mass is 32.3. The maximum absolute atomic E-state index is 12.5. The maximum atomic E-state index is 12.5. The van der Waals surface area contributed by atoms with Gasteiger partial charge < -0.3 is 9.88 Å². The van der Waals surface area contributed by atoms with Crippen molar-refractivity contribution in [1.29, 1.82) is 0 Å². The minimum atomic E-state index is -4.63. The minimum Gasteiger partial charge on any atom is -0.350 e. The molecule has 1 aromatic heterocycles. The summed E-state index contributed by atoms with van der Waals surface area (Å²) in [5.74, 6) is -0.544. The molecule has 0 spiro atoms. The fourth-order valence-electron chi connectivity index (χ4n) is 2.03. The molecular weight excluding hydrogens is 291 g/mol. The van der Waals surface area contributed by atoms with E-state index in [0.29, 0.717) is 4.31 Å². The molecule has 0 aromatic carbocycles. The zero-order valence-corrected chi connectivity index (χ0v) is 11.9. The highest BCUT2D eigenvalue weighted by Gasteiger charge is 2.35. The largest absolute Gasteiger partial charge is 0.374 e. The number of nitrogens with zero attached hydrogens (tertiary/aromatic N) is 3. The Labute approximate surface area is 115 Å². The Kier molecular flexibility index (Phi) is 3.69. The predicted molar refractivity (Wildman–Crippen MR) is 68.1 cm³/mol. The van der Waals surface area contributed by atoms with Gasteiger partial charge in [0, 0.05) is 45.8 Å². The summed E-state index contributed by atoms with van der Waals surface area (Å²) in [5, 5.41) is 2.60. The predicted octanol–water partition coefficient (Wildman–Crippen LogP) is -1.40. The van der Waals surface area contributed by atoms with Gasteiger partial charge in [-0.15, -0.1) is 0 Å². The normalized spacial score (nSPS) is 16.9. The lowest BCUT2D eigenvalue weighted by Gasteiger charge is -2.35. The van der Waals surface area contributed by atoms with Crippen LogP contribution in [-0.2, 0) is 24.5 Å². The van der Waals surface area contributed by atoms with Crippen molar-refractivity contribution < 1.29 is 17.1 Å². The molecule has 1 saturated heterocycles. The Morgan fingerprint density at radius 3 is 2.50 bits per heavy atom. The van der Waals surface area contributed by atoms with E-state index in [4.69, 9.17) is 0 Å². The van der Waals surface area contributed by atoms with E-state index in [0.717, 1.165) is 0 Å². The number of rotatable bonds is 4. The molecule has 0 unspecified atom stereocenters. The van der Waals surface area contributed by atoms with E-state index in [2.05, 4.69) is 5.32 Å². The average molecular weight is 306 g/mol. The van der Waals surface area contributed by atoms with E-state index in [1.54, 1.807) is 0 Å². The molecule has 1 amide bonds. The summed E-state index contributed by atoms with van der Waals surface area (Å²) < 4.78 is 36.8. The first-order valence-electron chi connectivity index (χ1n) is 5.90. The molecule has 1 fully saturated rings. The third-order valence-corrected chi connectivity index (χ3v) is 4.20. The first-order chi connectivity index (χ1) is 9.20. The summed E-state index contributed by atoms with van der Waals surface area (Å²) in [5.41, 5.74) is -0.0970. The molecule has 10 heteroatoms. The van der Waals surface area contributed by atoms with Crippen LogP contribution in [0.4, 0.5) is 3.89 Å². The fourth-order valence-corrected chi connectivity index (χ4v) is 2.81. The molecular formula is C10H15FN4O4S. The van der Waals surface area contributed by atoms with Gasteiger partial charge in [0.1, 0.15) is 5.69 Å². The van der Waals surface area contributed by atoms with E-state index in [1.807, 2.05) is 0 Å². The van der Waals surface area contributed by atoms with Crippen molar-refractivity contribution in [1.82, 2.24) is 18.8 Å². The number of carbonyl (C=O) groups is 1. The minimum absolute atomic E-state index is 0.0484. The van der Waals surface area contributed by atoms with Gasteiger partial charge in [-0.05, 0) is 0 Å². The van der Waals surface area contributed by atoms with Crippen LogP contribution in [0.2, 0.25) is 0 Å². The van der Waals surface area contributed by atoms with Gasteiger partial charge in [-0.3, -0.25) is 9.36 Å². The molecule has 1 aromatic rings. The molecule has 0 saturated carbocycles. The summed E-state index contributed by atoms with van der Waals surface area (Å²) in [6, 6.07) is 0. The van der Waals surface area contributed by atoms with Gasteiger partial charge >= 0.3 is 16.1 Å². The van der Waals surface area contributed by atoms with Crippen LogP contribution in [0.15, 0.2) is 11.0 Å². The molecule has 0 aliphatic carbocycles. The van der Waals surface area contributed by atoms with E-state index in [1.165, 1.54) is 29.4 Å². The van der Waals surface area contributed by atoms with Crippen LogP contribution in [0.5, 0.6) is 0 Å². The molecule has 112 valence electrons. The molecule has 0 atom stereocenters. The highest BCUT2D eigenvalue weighted by Crippen LogP contribution is 2.19. The summed E-state index contributed by atoms with van der Waals surface area (Å²) in [6.45, 7) is 0.327. The molecule has 8 nitrogen and oxygen atoms in total. The van der Waals surface area contributed by atoms with Gasteiger partial charge in [0.25, 0.3) is 5.91 Å². The molecule has 1 aliphatic rings. The first-order valence-corrected chi connectivity index (χ1v) is 7.24. The second kappa shape index (κ2) is 5.02. The summed E-state index contributed by atoms with van der Waals surface area (Å²) in [7, 11) is -1.61. The molecule has 2 rings (SSSR count). The Bertz CT molecular complexity index is 687. The van der Waals surface area contributed by atoms with Gasteiger partial charge in [0.15, 0.2) is 0 Å². The molecule has 20 heavy (non-hydrogen) atoms. The second-order valence-corrected chi connectivity index (χ2v) is 6.14. The Morgan fingerprint density at radius 1 is 1.45 bits per heavy atom. The van der Waals surface area contributed by atoms with E-state index < -0.39 is 16.3 Å². The number of aryl methyl sites for hydroxylation is 1. The van der Waals surface area contributed by atoms with Crippen molar-refractivity contribution in [2.75, 3.05) is 19.6 Å². The number of nitrogens with one attached hydrogen (secondary N) is 1. The third kappa shape index (κ3) is 2.75. The van der Waals surface area contributed by atoms with Crippen LogP contribution in [0, 0.1) is 5.92 Å². The quantitative estimate of drug-likeness (QED) is 0.692. The lowest BCUT2D eigenvalue weighted by atomic mass is 10.0. The molecule has 2 heterocycles. The number of halogens is 1. The average Bonchev–Trinajstić information content (AvgIpc) is 2.53. The number of hydrogen-bond acceptors (Lipinski definition) is 4. The van der Waals surface area contributed by atoms with Crippen molar-refractivity contribution in [3.8, 4) is 0 Å². The van der Waals surface area contributed by atoms with E-state index in [9.17, 15) is 21.9 Å². The number of amides is 1. The van der Waals surface area contributed by atoms with E-state index in [-0.39, 0.29) is 36.9 Å². The van der Waals surface area contributed by atoms with Gasteiger partial charge in [0.2, 0.25) is 0 Å². The zero-order valence-electron chi connectivity index (χ0n) is 11.0. The summed E-state index contributed by atoms with van der Waals surface area (Å²) >= 11 is 0. The topological polar surface area (TPSA) is 93.4 Å². The molecule has 1 aliphatic heterocycles. The number of aromatic nitrogens is 2. The summed E-state index contributed by atoms with van der Waals surface area (Å²) in [6.07, 6.45) is 1.41. The van der Waals surface area contributed by atoms with Crippen LogP contribution in [0.25, 0.3) is 0 Å². The monoisotopic (exact) mass is 306 g/mol. The third-order valence-electron chi connectivity index (χ3n) is 3.28. The Morgan fingerprint density at radius 2 is 2.05 bits per heavy atom. The SMILES string of the molecule is Cn1cc(C(=O)NCC2CN(S(=O)(=O)F)C2)n(C)c1=O. The van der Waals surface area contributed by atoms with Gasteiger partial charge in [-0.25, -0.2) is 4.79 Å². The van der Waals surface area contributed by atoms with Crippen molar-refractivity contribution in [2.45, 2.75) is 0 Å². The van der Waals surface area contributed by atoms with Crippen LogP contribution in [0.1, 0.15) is 10.5 Å². The van der Waals surface area contributed by atoms with Gasteiger partial charge in [-0.1, -0.05) is 3.89 Å². The molecule has 0 bridgehead atoms. The van der Waals surface area contributed by atoms with Gasteiger partial charge in [-0.2, -0.15) is 12.7 Å². The van der Waals surface area contributed by atoms with Gasteiger partial charge in [0.05, 0.1) is 0 Å². The van der Waals surface area contributed by atoms with Crippen LogP contribution in [0.3, 0.4) is 0 Å². The van der Waals surface area contributed by atoms with Crippen molar-refractivity contribution >= 4 is 16.3 Å². The fraction of sp³-hybridized carbons (Fsp3) is 0.600. The highest BCUT2D eigenvalue weighted by molar-refractivity contribution is 7.84. The van der Waals surface area contributed by atoms with Crippen LogP contribution >= 0.6 is 0 Å². The van der Waals surface area contributed by atoms with E-state index >= 15 is 0 Å². The lowest BCUT2D eigenvalue weighted by molar-refractivity contribution is 0.0920. The molecule has 1 N–H and O–H groups in total. The van der Waals surface area contributed by atoms with Crippen LogP contribution in [-0.4, -0.2) is 47.4 Å². The number of carbonyl (C=O) groups excluding carboxylic acids is 1. The second-order valence-electron chi connectivity index (χ2n) is 4.80. The molecule has 0 radical (unpaired) electrons. The standard InChI is InChI=1S/C10H15FN4O4S/c1-13-6-8(14(2)10(13)17)9(16)12-3-7-4-15(5-7)20(11,18)19/h6-7H,3-5H2,1-2H3,(H,12,16). The lowest BCUT2D eigenvalue weighted by Crippen LogP contribution is -2.52. The van der Waals surface area contributed by atoms with Crippen molar-refractivity contribution in [3.63, 3.8) is 0 Å². The Balaban J connectivity index is 1.88. The zero-order chi connectivity index (χ0) is 15.1. The first kappa shape index (κ1) is 14.7. The number of hydrogen-bond donors (Lipinski definition) is 1. The van der Waals surface area contributed by atoms with Crippen molar-refractivity contribution in [3.05, 3.63) is 22.4 Å². The number of imidazole rings is 1. The maximum Gasteiger partial charge on any atom is 0.374 e.